The van der Waals surface area contributed by atoms with E-state index in [1.807, 2.05) is 19.9 Å². The first-order chi connectivity index (χ1) is 7.91. The molecule has 0 saturated heterocycles. The lowest BCUT2D eigenvalue weighted by Gasteiger charge is -2.22. The largest absolute Gasteiger partial charge is 0.508 e. The SMILES string of the molecule is CC(NC(C)c1cccc(O)c1)C(=O)N(C)C. The van der Waals surface area contributed by atoms with Gasteiger partial charge in [0.25, 0.3) is 0 Å². The smallest absolute Gasteiger partial charge is 0.238 e. The molecule has 0 radical (unpaired) electrons. The van der Waals surface area contributed by atoms with Crippen molar-refractivity contribution in [3.63, 3.8) is 0 Å². The van der Waals surface area contributed by atoms with Crippen molar-refractivity contribution in [2.24, 2.45) is 0 Å². The van der Waals surface area contributed by atoms with Gasteiger partial charge in [-0.15, -0.1) is 0 Å². The zero-order valence-corrected chi connectivity index (χ0v) is 10.8. The van der Waals surface area contributed by atoms with Crippen molar-refractivity contribution in [2.75, 3.05) is 14.1 Å². The zero-order chi connectivity index (χ0) is 13.0. The molecule has 2 N–H and O–H groups in total. The van der Waals surface area contributed by atoms with Crippen LogP contribution in [-0.2, 0) is 4.79 Å². The third kappa shape index (κ3) is 3.75. The second kappa shape index (κ2) is 5.68. The second-order valence-electron chi connectivity index (χ2n) is 4.44. The number of hydrogen-bond donors (Lipinski definition) is 2. The Labute approximate surface area is 102 Å². The van der Waals surface area contributed by atoms with E-state index < -0.39 is 0 Å². The molecule has 0 aliphatic carbocycles. The van der Waals surface area contributed by atoms with E-state index in [4.69, 9.17) is 0 Å². The van der Waals surface area contributed by atoms with E-state index in [9.17, 15) is 9.90 Å². The van der Waals surface area contributed by atoms with Crippen LogP contribution in [0.4, 0.5) is 0 Å². The molecule has 1 rings (SSSR count). The highest BCUT2D eigenvalue weighted by Crippen LogP contribution is 2.18. The van der Waals surface area contributed by atoms with Crippen molar-refractivity contribution in [2.45, 2.75) is 25.9 Å². The Kier molecular flexibility index (Phi) is 4.52. The molecular formula is C13H20N2O2. The molecule has 0 aromatic heterocycles. The van der Waals surface area contributed by atoms with Gasteiger partial charge in [-0.25, -0.2) is 0 Å². The van der Waals surface area contributed by atoms with Crippen LogP contribution in [0.5, 0.6) is 5.75 Å². The summed E-state index contributed by atoms with van der Waals surface area (Å²) in [5, 5.41) is 12.6. The first kappa shape index (κ1) is 13.5. The number of carbonyl (C=O) groups excluding carboxylic acids is 1. The van der Waals surface area contributed by atoms with Crippen LogP contribution in [0.1, 0.15) is 25.5 Å². The molecule has 0 fully saturated rings. The zero-order valence-electron chi connectivity index (χ0n) is 10.8. The number of hydrogen-bond acceptors (Lipinski definition) is 3. The van der Waals surface area contributed by atoms with Crippen LogP contribution in [0.3, 0.4) is 0 Å². The molecule has 0 heterocycles. The van der Waals surface area contributed by atoms with Crippen molar-refractivity contribution in [1.29, 1.82) is 0 Å². The van der Waals surface area contributed by atoms with Gasteiger partial charge in [0.2, 0.25) is 5.91 Å². The molecule has 4 nitrogen and oxygen atoms in total. The number of phenols is 1. The Bertz CT molecular complexity index is 391. The van der Waals surface area contributed by atoms with E-state index in [0.29, 0.717) is 0 Å². The van der Waals surface area contributed by atoms with Crippen molar-refractivity contribution < 1.29 is 9.90 Å². The highest BCUT2D eigenvalue weighted by Gasteiger charge is 2.17. The topological polar surface area (TPSA) is 52.6 Å². The Morgan fingerprint density at radius 2 is 2.00 bits per heavy atom. The maximum absolute atomic E-state index is 11.7. The first-order valence-electron chi connectivity index (χ1n) is 5.68. The summed E-state index contributed by atoms with van der Waals surface area (Å²) in [5.41, 5.74) is 0.961. The molecule has 1 aromatic rings. The molecule has 0 spiro atoms. The Balaban J connectivity index is 2.66. The Morgan fingerprint density at radius 3 is 2.53 bits per heavy atom. The normalized spacial score (nSPS) is 14.1. The highest BCUT2D eigenvalue weighted by molar-refractivity contribution is 5.80. The summed E-state index contributed by atoms with van der Waals surface area (Å²) in [6.45, 7) is 3.80. The fourth-order valence-electron chi connectivity index (χ4n) is 1.72. The van der Waals surface area contributed by atoms with Gasteiger partial charge in [-0.05, 0) is 31.5 Å². The van der Waals surface area contributed by atoms with Crippen LogP contribution in [0.25, 0.3) is 0 Å². The Morgan fingerprint density at radius 1 is 1.35 bits per heavy atom. The third-order valence-electron chi connectivity index (χ3n) is 2.68. The third-order valence-corrected chi connectivity index (χ3v) is 2.68. The van der Waals surface area contributed by atoms with E-state index in [-0.39, 0.29) is 23.7 Å². The molecule has 1 amide bonds. The first-order valence-corrected chi connectivity index (χ1v) is 5.68. The molecule has 0 aliphatic rings. The summed E-state index contributed by atoms with van der Waals surface area (Å²) in [6.07, 6.45) is 0. The van der Waals surface area contributed by atoms with E-state index in [0.717, 1.165) is 5.56 Å². The lowest BCUT2D eigenvalue weighted by molar-refractivity contribution is -0.130. The summed E-state index contributed by atoms with van der Waals surface area (Å²) in [7, 11) is 3.47. The molecule has 1 aromatic carbocycles. The lowest BCUT2D eigenvalue weighted by atomic mass is 10.1. The summed E-state index contributed by atoms with van der Waals surface area (Å²) >= 11 is 0. The van der Waals surface area contributed by atoms with Gasteiger partial charge in [0, 0.05) is 20.1 Å². The summed E-state index contributed by atoms with van der Waals surface area (Å²) in [4.78, 5) is 13.3. The van der Waals surface area contributed by atoms with E-state index in [1.54, 1.807) is 37.2 Å². The number of phenolic OH excluding ortho intramolecular Hbond substituents is 1. The maximum atomic E-state index is 11.7. The van der Waals surface area contributed by atoms with Crippen LogP contribution in [-0.4, -0.2) is 36.1 Å². The number of amides is 1. The molecule has 0 aliphatic heterocycles. The number of aromatic hydroxyl groups is 1. The van der Waals surface area contributed by atoms with Gasteiger partial charge in [0.05, 0.1) is 6.04 Å². The molecule has 2 unspecified atom stereocenters. The standard InChI is InChI=1S/C13H20N2O2/c1-9(11-6-5-7-12(16)8-11)14-10(2)13(17)15(3)4/h5-10,14,16H,1-4H3. The number of likely N-dealkylation sites (N-methyl/N-ethyl adjacent to an activating group) is 1. The highest BCUT2D eigenvalue weighted by atomic mass is 16.3. The Hall–Kier alpha value is -1.55. The number of benzene rings is 1. The van der Waals surface area contributed by atoms with E-state index in [1.165, 1.54) is 0 Å². The fraction of sp³-hybridized carbons (Fsp3) is 0.462. The van der Waals surface area contributed by atoms with Gasteiger partial charge in [0.15, 0.2) is 0 Å². The van der Waals surface area contributed by atoms with Gasteiger partial charge in [0.1, 0.15) is 5.75 Å². The predicted octanol–water partition coefficient (Wildman–Crippen LogP) is 1.52. The lowest BCUT2D eigenvalue weighted by Crippen LogP contribution is -2.42. The minimum Gasteiger partial charge on any atom is -0.508 e. The number of nitrogens with one attached hydrogen (secondary N) is 1. The van der Waals surface area contributed by atoms with Crippen molar-refractivity contribution in [3.8, 4) is 5.75 Å². The maximum Gasteiger partial charge on any atom is 0.238 e. The molecular weight excluding hydrogens is 216 g/mol. The average molecular weight is 236 g/mol. The number of rotatable bonds is 4. The van der Waals surface area contributed by atoms with Gasteiger partial charge >= 0.3 is 0 Å². The minimum absolute atomic E-state index is 0.0148. The summed E-state index contributed by atoms with van der Waals surface area (Å²) in [6, 6.07) is 6.81. The molecule has 0 saturated carbocycles. The van der Waals surface area contributed by atoms with Crippen molar-refractivity contribution in [1.82, 2.24) is 10.2 Å². The van der Waals surface area contributed by atoms with Gasteiger partial charge < -0.3 is 10.0 Å². The molecule has 17 heavy (non-hydrogen) atoms. The number of carbonyl (C=O) groups is 1. The summed E-state index contributed by atoms with van der Waals surface area (Å²) in [5.74, 6) is 0.278. The predicted molar refractivity (Wildman–Crippen MR) is 67.8 cm³/mol. The fourth-order valence-corrected chi connectivity index (χ4v) is 1.72. The van der Waals surface area contributed by atoms with Crippen molar-refractivity contribution in [3.05, 3.63) is 29.8 Å². The van der Waals surface area contributed by atoms with Gasteiger partial charge in [-0.1, -0.05) is 12.1 Å². The second-order valence-corrected chi connectivity index (χ2v) is 4.44. The van der Waals surface area contributed by atoms with Gasteiger partial charge in [-0.3, -0.25) is 10.1 Å². The van der Waals surface area contributed by atoms with E-state index in [2.05, 4.69) is 5.32 Å². The number of nitrogens with zero attached hydrogens (tertiary/aromatic N) is 1. The van der Waals surface area contributed by atoms with Crippen LogP contribution in [0.2, 0.25) is 0 Å². The molecule has 2 atom stereocenters. The molecule has 94 valence electrons. The molecule has 0 bridgehead atoms. The quantitative estimate of drug-likeness (QED) is 0.833. The van der Waals surface area contributed by atoms with Crippen LogP contribution >= 0.6 is 0 Å². The summed E-state index contributed by atoms with van der Waals surface area (Å²) < 4.78 is 0. The van der Waals surface area contributed by atoms with Crippen LogP contribution in [0.15, 0.2) is 24.3 Å². The average Bonchev–Trinajstić information content (AvgIpc) is 2.27. The van der Waals surface area contributed by atoms with Crippen molar-refractivity contribution >= 4 is 5.91 Å². The van der Waals surface area contributed by atoms with Gasteiger partial charge in [-0.2, -0.15) is 0 Å². The monoisotopic (exact) mass is 236 g/mol. The molecule has 4 heteroatoms. The minimum atomic E-state index is -0.248. The van der Waals surface area contributed by atoms with Crippen LogP contribution < -0.4 is 5.32 Å². The van der Waals surface area contributed by atoms with E-state index >= 15 is 0 Å². The van der Waals surface area contributed by atoms with Crippen LogP contribution in [0, 0.1) is 0 Å².